The standard InChI is InChI=1S/C11H13FO2/c1-8-6-9(12)4-5-10(8)14-11(2,3)7-13/h4-7H,1-3H3. The monoisotopic (exact) mass is 196 g/mol. The Balaban J connectivity index is 2.92. The number of aryl methyl sites for hydroxylation is 1. The number of ether oxygens (including phenoxy) is 1. The molecule has 0 aliphatic rings. The van der Waals surface area contributed by atoms with Crippen molar-refractivity contribution in [2.75, 3.05) is 0 Å². The van der Waals surface area contributed by atoms with E-state index >= 15 is 0 Å². The Bertz CT molecular complexity index is 345. The maximum Gasteiger partial charge on any atom is 0.162 e. The topological polar surface area (TPSA) is 26.3 Å². The fourth-order valence-electron chi connectivity index (χ4n) is 1.03. The maximum atomic E-state index is 12.7. The Morgan fingerprint density at radius 2 is 2.07 bits per heavy atom. The summed E-state index contributed by atoms with van der Waals surface area (Å²) in [6.45, 7) is 5.05. The lowest BCUT2D eigenvalue weighted by Gasteiger charge is -2.20. The van der Waals surface area contributed by atoms with Crippen LogP contribution in [0.3, 0.4) is 0 Å². The van der Waals surface area contributed by atoms with Gasteiger partial charge in [0.2, 0.25) is 0 Å². The van der Waals surface area contributed by atoms with E-state index in [1.54, 1.807) is 20.8 Å². The number of aldehydes is 1. The summed E-state index contributed by atoms with van der Waals surface area (Å²) in [4.78, 5) is 10.6. The zero-order valence-corrected chi connectivity index (χ0v) is 8.50. The lowest BCUT2D eigenvalue weighted by molar-refractivity contribution is -0.119. The van der Waals surface area contributed by atoms with Gasteiger partial charge < -0.3 is 4.74 Å². The first-order valence-electron chi connectivity index (χ1n) is 4.36. The number of carbonyl (C=O) groups is 1. The fourth-order valence-corrected chi connectivity index (χ4v) is 1.03. The molecule has 0 spiro atoms. The largest absolute Gasteiger partial charge is 0.480 e. The second-order valence-corrected chi connectivity index (χ2v) is 3.73. The second-order valence-electron chi connectivity index (χ2n) is 3.73. The summed E-state index contributed by atoms with van der Waals surface area (Å²) < 4.78 is 18.1. The molecule has 0 heterocycles. The molecule has 0 saturated carbocycles. The van der Waals surface area contributed by atoms with Gasteiger partial charge in [0.1, 0.15) is 11.6 Å². The van der Waals surface area contributed by atoms with Crippen LogP contribution in [0.4, 0.5) is 4.39 Å². The van der Waals surface area contributed by atoms with E-state index in [2.05, 4.69) is 0 Å². The molecule has 0 aliphatic carbocycles. The zero-order valence-electron chi connectivity index (χ0n) is 8.50. The van der Waals surface area contributed by atoms with Gasteiger partial charge in [0.05, 0.1) is 0 Å². The van der Waals surface area contributed by atoms with E-state index in [0.29, 0.717) is 11.3 Å². The average molecular weight is 196 g/mol. The van der Waals surface area contributed by atoms with Crippen molar-refractivity contribution in [2.45, 2.75) is 26.4 Å². The Kier molecular flexibility index (Phi) is 2.89. The number of halogens is 1. The van der Waals surface area contributed by atoms with Crippen LogP contribution in [0.15, 0.2) is 18.2 Å². The number of hydrogen-bond acceptors (Lipinski definition) is 2. The van der Waals surface area contributed by atoms with Gasteiger partial charge in [-0.1, -0.05) is 0 Å². The van der Waals surface area contributed by atoms with Gasteiger partial charge in [0.15, 0.2) is 11.9 Å². The lowest BCUT2D eigenvalue weighted by Crippen LogP contribution is -2.30. The van der Waals surface area contributed by atoms with Gasteiger partial charge in [-0.2, -0.15) is 0 Å². The van der Waals surface area contributed by atoms with Gasteiger partial charge in [-0.3, -0.25) is 4.79 Å². The predicted molar refractivity (Wildman–Crippen MR) is 51.9 cm³/mol. The van der Waals surface area contributed by atoms with Crippen LogP contribution in [0.5, 0.6) is 5.75 Å². The third kappa shape index (κ3) is 2.55. The molecule has 0 fully saturated rings. The number of hydrogen-bond donors (Lipinski definition) is 0. The molecular weight excluding hydrogens is 183 g/mol. The van der Waals surface area contributed by atoms with E-state index in [1.807, 2.05) is 0 Å². The number of rotatable bonds is 3. The highest BCUT2D eigenvalue weighted by Gasteiger charge is 2.19. The average Bonchev–Trinajstić information content (AvgIpc) is 2.10. The quantitative estimate of drug-likeness (QED) is 0.694. The Hall–Kier alpha value is -1.38. The van der Waals surface area contributed by atoms with Crippen LogP contribution < -0.4 is 4.74 Å². The van der Waals surface area contributed by atoms with Crippen LogP contribution in [-0.2, 0) is 4.79 Å². The van der Waals surface area contributed by atoms with E-state index in [0.717, 1.165) is 6.29 Å². The van der Waals surface area contributed by atoms with E-state index in [1.165, 1.54) is 18.2 Å². The minimum Gasteiger partial charge on any atom is -0.480 e. The predicted octanol–water partition coefficient (Wildman–Crippen LogP) is 2.49. The van der Waals surface area contributed by atoms with E-state index in [4.69, 9.17) is 4.74 Å². The minimum absolute atomic E-state index is 0.307. The molecule has 1 aromatic rings. The van der Waals surface area contributed by atoms with Gasteiger partial charge in [0, 0.05) is 0 Å². The highest BCUT2D eigenvalue weighted by Crippen LogP contribution is 2.22. The first kappa shape index (κ1) is 10.7. The fraction of sp³-hybridized carbons (Fsp3) is 0.364. The summed E-state index contributed by atoms with van der Waals surface area (Å²) in [5.74, 6) is 0.224. The van der Waals surface area contributed by atoms with Crippen molar-refractivity contribution in [2.24, 2.45) is 0 Å². The Labute approximate surface area is 82.7 Å². The van der Waals surface area contributed by atoms with Gasteiger partial charge in [-0.15, -0.1) is 0 Å². The van der Waals surface area contributed by atoms with Crippen LogP contribution in [0.1, 0.15) is 19.4 Å². The first-order chi connectivity index (χ1) is 6.44. The van der Waals surface area contributed by atoms with E-state index in [9.17, 15) is 9.18 Å². The van der Waals surface area contributed by atoms with Crippen LogP contribution in [0.2, 0.25) is 0 Å². The molecule has 76 valence electrons. The third-order valence-corrected chi connectivity index (χ3v) is 1.79. The van der Waals surface area contributed by atoms with Crippen LogP contribution >= 0.6 is 0 Å². The molecule has 3 heteroatoms. The van der Waals surface area contributed by atoms with Crippen molar-refractivity contribution in [3.63, 3.8) is 0 Å². The molecule has 0 amide bonds. The molecule has 0 radical (unpaired) electrons. The van der Waals surface area contributed by atoms with Gasteiger partial charge in [0.25, 0.3) is 0 Å². The normalized spacial score (nSPS) is 11.1. The van der Waals surface area contributed by atoms with Gasteiger partial charge in [-0.05, 0) is 44.5 Å². The van der Waals surface area contributed by atoms with Crippen molar-refractivity contribution in [1.82, 2.24) is 0 Å². The van der Waals surface area contributed by atoms with Crippen molar-refractivity contribution < 1.29 is 13.9 Å². The highest BCUT2D eigenvalue weighted by molar-refractivity contribution is 5.61. The molecule has 1 rings (SSSR count). The summed E-state index contributed by atoms with van der Waals surface area (Å²) in [6.07, 6.45) is 0.718. The lowest BCUT2D eigenvalue weighted by atomic mass is 10.1. The summed E-state index contributed by atoms with van der Waals surface area (Å²) in [7, 11) is 0. The zero-order chi connectivity index (χ0) is 10.8. The van der Waals surface area contributed by atoms with Crippen LogP contribution in [0, 0.1) is 12.7 Å². The summed E-state index contributed by atoms with van der Waals surface area (Å²) in [5.41, 5.74) is -0.192. The summed E-state index contributed by atoms with van der Waals surface area (Å²) in [5, 5.41) is 0. The molecule has 0 saturated heterocycles. The highest BCUT2D eigenvalue weighted by atomic mass is 19.1. The molecule has 14 heavy (non-hydrogen) atoms. The summed E-state index contributed by atoms with van der Waals surface area (Å²) >= 11 is 0. The van der Waals surface area contributed by atoms with Crippen LogP contribution in [0.25, 0.3) is 0 Å². The molecule has 0 atom stereocenters. The van der Waals surface area contributed by atoms with E-state index < -0.39 is 5.60 Å². The minimum atomic E-state index is -0.872. The van der Waals surface area contributed by atoms with Crippen molar-refractivity contribution in [3.8, 4) is 5.75 Å². The van der Waals surface area contributed by atoms with Gasteiger partial charge >= 0.3 is 0 Å². The smallest absolute Gasteiger partial charge is 0.162 e. The SMILES string of the molecule is Cc1cc(F)ccc1OC(C)(C)C=O. The molecular formula is C11H13FO2. The number of benzene rings is 1. The van der Waals surface area contributed by atoms with E-state index in [-0.39, 0.29) is 5.82 Å². The van der Waals surface area contributed by atoms with Crippen molar-refractivity contribution in [3.05, 3.63) is 29.6 Å². The second kappa shape index (κ2) is 3.78. The Morgan fingerprint density at radius 3 is 2.57 bits per heavy atom. The molecule has 1 aromatic carbocycles. The molecule has 2 nitrogen and oxygen atoms in total. The number of carbonyl (C=O) groups excluding carboxylic acids is 1. The molecule has 0 N–H and O–H groups in total. The third-order valence-electron chi connectivity index (χ3n) is 1.79. The molecule has 0 bridgehead atoms. The molecule has 0 aromatic heterocycles. The maximum absolute atomic E-state index is 12.7. The Morgan fingerprint density at radius 1 is 1.43 bits per heavy atom. The van der Waals surface area contributed by atoms with Crippen molar-refractivity contribution >= 4 is 6.29 Å². The van der Waals surface area contributed by atoms with Crippen molar-refractivity contribution in [1.29, 1.82) is 0 Å². The van der Waals surface area contributed by atoms with Gasteiger partial charge in [-0.25, -0.2) is 4.39 Å². The van der Waals surface area contributed by atoms with Crippen LogP contribution in [-0.4, -0.2) is 11.9 Å². The first-order valence-corrected chi connectivity index (χ1v) is 4.36. The summed E-state index contributed by atoms with van der Waals surface area (Å²) in [6, 6.07) is 4.20. The molecule has 0 unspecified atom stereocenters. The molecule has 0 aliphatic heterocycles.